The number of aliphatic hydroxyl groups excluding tert-OH is 1. The van der Waals surface area contributed by atoms with Gasteiger partial charge in [-0.2, -0.15) is 0 Å². The van der Waals surface area contributed by atoms with Crippen molar-refractivity contribution in [3.8, 4) is 0 Å². The van der Waals surface area contributed by atoms with Gasteiger partial charge in [-0.1, -0.05) is 12.1 Å². The van der Waals surface area contributed by atoms with Crippen LogP contribution < -0.4 is 0 Å². The molecule has 5 nitrogen and oxygen atoms in total. The van der Waals surface area contributed by atoms with Crippen LogP contribution in [-0.4, -0.2) is 39.0 Å². The molecule has 0 spiro atoms. The molecule has 132 valence electrons. The molecule has 1 fully saturated rings. The summed E-state index contributed by atoms with van der Waals surface area (Å²) in [4.78, 5) is 23.1. The monoisotopic (exact) mass is 343 g/mol. The summed E-state index contributed by atoms with van der Waals surface area (Å²) in [7, 11) is 0. The van der Waals surface area contributed by atoms with E-state index in [4.69, 9.17) is 0 Å². The van der Waals surface area contributed by atoms with Crippen LogP contribution in [0.25, 0.3) is 0 Å². The Morgan fingerprint density at radius 1 is 1.36 bits per heavy atom. The standard InChI is InChI=1S/C19H22FN3O2/c1-13-21-10-16(12-24)19(22-13)15-3-2-8-23(11-15)18(25)9-14-4-6-17(20)7-5-14/h4-7,10,15,24H,2-3,8-9,11-12H2,1H3. The van der Waals surface area contributed by atoms with Gasteiger partial charge in [-0.05, 0) is 37.5 Å². The van der Waals surface area contributed by atoms with Crippen molar-refractivity contribution >= 4 is 5.91 Å². The number of amides is 1. The highest BCUT2D eigenvalue weighted by Gasteiger charge is 2.27. The number of hydrogen-bond donors (Lipinski definition) is 1. The highest BCUT2D eigenvalue weighted by molar-refractivity contribution is 5.79. The van der Waals surface area contributed by atoms with Crippen molar-refractivity contribution in [1.29, 1.82) is 0 Å². The maximum atomic E-state index is 13.0. The number of aliphatic hydroxyl groups is 1. The summed E-state index contributed by atoms with van der Waals surface area (Å²) in [5, 5.41) is 9.54. The molecule has 1 amide bonds. The molecule has 25 heavy (non-hydrogen) atoms. The van der Waals surface area contributed by atoms with E-state index in [1.54, 1.807) is 18.3 Å². The molecule has 2 heterocycles. The van der Waals surface area contributed by atoms with Crippen LogP contribution in [0.3, 0.4) is 0 Å². The zero-order valence-electron chi connectivity index (χ0n) is 14.3. The lowest BCUT2D eigenvalue weighted by molar-refractivity contribution is -0.131. The van der Waals surface area contributed by atoms with Crippen LogP contribution in [0, 0.1) is 12.7 Å². The first kappa shape index (κ1) is 17.5. The Balaban J connectivity index is 1.71. The summed E-state index contributed by atoms with van der Waals surface area (Å²) < 4.78 is 13.0. The van der Waals surface area contributed by atoms with Crippen LogP contribution in [0.5, 0.6) is 0 Å². The average molecular weight is 343 g/mol. The van der Waals surface area contributed by atoms with Gasteiger partial charge in [0.25, 0.3) is 0 Å². The van der Waals surface area contributed by atoms with Gasteiger partial charge in [0.1, 0.15) is 11.6 Å². The molecule has 0 radical (unpaired) electrons. The van der Waals surface area contributed by atoms with Crippen molar-refractivity contribution < 1.29 is 14.3 Å². The Hall–Kier alpha value is -2.34. The highest BCUT2D eigenvalue weighted by Crippen LogP contribution is 2.28. The number of carbonyl (C=O) groups excluding carboxylic acids is 1. The van der Waals surface area contributed by atoms with Crippen LogP contribution >= 0.6 is 0 Å². The Labute approximate surface area is 146 Å². The molecule has 0 bridgehead atoms. The quantitative estimate of drug-likeness (QED) is 0.925. The van der Waals surface area contributed by atoms with Crippen LogP contribution in [0.1, 0.15) is 41.4 Å². The maximum absolute atomic E-state index is 13.0. The van der Waals surface area contributed by atoms with E-state index in [1.807, 2.05) is 11.8 Å². The Morgan fingerprint density at radius 2 is 2.12 bits per heavy atom. The van der Waals surface area contributed by atoms with Crippen molar-refractivity contribution in [3.05, 3.63) is 58.9 Å². The van der Waals surface area contributed by atoms with Crippen molar-refractivity contribution in [2.45, 2.75) is 38.7 Å². The van der Waals surface area contributed by atoms with Gasteiger partial charge in [-0.25, -0.2) is 14.4 Å². The second kappa shape index (κ2) is 7.70. The minimum absolute atomic E-state index is 0.0348. The molecule has 0 saturated carbocycles. The van der Waals surface area contributed by atoms with Crippen LogP contribution in [-0.2, 0) is 17.8 Å². The third kappa shape index (κ3) is 4.20. The number of rotatable bonds is 4. The van der Waals surface area contributed by atoms with Crippen LogP contribution in [0.4, 0.5) is 4.39 Å². The Bertz CT molecular complexity index is 749. The van der Waals surface area contributed by atoms with E-state index in [2.05, 4.69) is 9.97 Å². The van der Waals surface area contributed by atoms with Gasteiger partial charge in [0.05, 0.1) is 18.7 Å². The number of aryl methyl sites for hydroxylation is 1. The summed E-state index contributed by atoms with van der Waals surface area (Å²) in [6.07, 6.45) is 3.76. The lowest BCUT2D eigenvalue weighted by Crippen LogP contribution is -2.40. The topological polar surface area (TPSA) is 66.3 Å². The van der Waals surface area contributed by atoms with E-state index >= 15 is 0 Å². The molecule has 1 saturated heterocycles. The van der Waals surface area contributed by atoms with E-state index in [-0.39, 0.29) is 30.7 Å². The molecule has 1 aliphatic rings. The zero-order chi connectivity index (χ0) is 17.8. The fourth-order valence-corrected chi connectivity index (χ4v) is 3.30. The molecule has 1 atom stereocenters. The van der Waals surface area contributed by atoms with Crippen molar-refractivity contribution in [1.82, 2.24) is 14.9 Å². The predicted molar refractivity (Wildman–Crippen MR) is 91.4 cm³/mol. The van der Waals surface area contributed by atoms with Gasteiger partial charge in [0, 0.05) is 30.8 Å². The smallest absolute Gasteiger partial charge is 0.227 e. The molecular formula is C19H22FN3O2. The van der Waals surface area contributed by atoms with E-state index < -0.39 is 0 Å². The maximum Gasteiger partial charge on any atom is 0.227 e. The second-order valence-electron chi connectivity index (χ2n) is 6.47. The molecule has 1 aromatic heterocycles. The van der Waals surface area contributed by atoms with Gasteiger partial charge in [0.2, 0.25) is 5.91 Å². The summed E-state index contributed by atoms with van der Waals surface area (Å²) in [5.41, 5.74) is 2.38. The second-order valence-corrected chi connectivity index (χ2v) is 6.47. The number of likely N-dealkylation sites (tertiary alicyclic amines) is 1. The van der Waals surface area contributed by atoms with Crippen LogP contribution in [0.15, 0.2) is 30.5 Å². The number of halogens is 1. The van der Waals surface area contributed by atoms with E-state index in [0.29, 0.717) is 12.4 Å². The first-order chi connectivity index (χ1) is 12.1. The first-order valence-corrected chi connectivity index (χ1v) is 8.52. The van der Waals surface area contributed by atoms with Crippen molar-refractivity contribution in [2.75, 3.05) is 13.1 Å². The lowest BCUT2D eigenvalue weighted by Gasteiger charge is -2.33. The average Bonchev–Trinajstić information content (AvgIpc) is 2.63. The third-order valence-electron chi connectivity index (χ3n) is 4.62. The molecule has 1 aliphatic heterocycles. The molecule has 1 N–H and O–H groups in total. The van der Waals surface area contributed by atoms with Gasteiger partial charge < -0.3 is 10.0 Å². The Kier molecular flexibility index (Phi) is 5.38. The molecule has 1 aromatic carbocycles. The number of nitrogens with zero attached hydrogens (tertiary/aromatic N) is 3. The van der Waals surface area contributed by atoms with Crippen LogP contribution in [0.2, 0.25) is 0 Å². The molecule has 6 heteroatoms. The molecule has 1 unspecified atom stereocenters. The van der Waals surface area contributed by atoms with E-state index in [9.17, 15) is 14.3 Å². The highest BCUT2D eigenvalue weighted by atomic mass is 19.1. The summed E-state index contributed by atoms with van der Waals surface area (Å²) in [6, 6.07) is 6.04. The largest absolute Gasteiger partial charge is 0.392 e. The summed E-state index contributed by atoms with van der Waals surface area (Å²) in [5.74, 6) is 0.509. The van der Waals surface area contributed by atoms with E-state index in [1.165, 1.54) is 12.1 Å². The summed E-state index contributed by atoms with van der Waals surface area (Å²) >= 11 is 0. The molecular weight excluding hydrogens is 321 g/mol. The molecule has 0 aliphatic carbocycles. The van der Waals surface area contributed by atoms with E-state index in [0.717, 1.165) is 36.2 Å². The minimum Gasteiger partial charge on any atom is -0.392 e. The number of carbonyl (C=O) groups is 1. The van der Waals surface area contributed by atoms with Crippen molar-refractivity contribution in [3.63, 3.8) is 0 Å². The van der Waals surface area contributed by atoms with Gasteiger partial charge in [-0.3, -0.25) is 4.79 Å². The number of benzene rings is 1. The lowest BCUT2D eigenvalue weighted by atomic mass is 9.91. The first-order valence-electron chi connectivity index (χ1n) is 8.52. The van der Waals surface area contributed by atoms with Gasteiger partial charge >= 0.3 is 0 Å². The number of piperidine rings is 1. The predicted octanol–water partition coefficient (Wildman–Crippen LogP) is 2.37. The molecule has 3 rings (SSSR count). The Morgan fingerprint density at radius 3 is 2.84 bits per heavy atom. The molecule has 2 aromatic rings. The third-order valence-corrected chi connectivity index (χ3v) is 4.62. The zero-order valence-corrected chi connectivity index (χ0v) is 14.3. The fraction of sp³-hybridized carbons (Fsp3) is 0.421. The normalized spacial score (nSPS) is 17.6. The van der Waals surface area contributed by atoms with Gasteiger partial charge in [-0.15, -0.1) is 0 Å². The van der Waals surface area contributed by atoms with Gasteiger partial charge in [0.15, 0.2) is 0 Å². The SMILES string of the molecule is Cc1ncc(CO)c(C2CCCN(C(=O)Cc3ccc(F)cc3)C2)n1. The number of hydrogen-bond acceptors (Lipinski definition) is 4. The fourth-order valence-electron chi connectivity index (χ4n) is 3.30. The summed E-state index contributed by atoms with van der Waals surface area (Å²) in [6.45, 7) is 3.03. The van der Waals surface area contributed by atoms with Crippen molar-refractivity contribution in [2.24, 2.45) is 0 Å². The number of aromatic nitrogens is 2. The minimum atomic E-state index is -0.301.